The summed E-state index contributed by atoms with van der Waals surface area (Å²) in [6, 6.07) is 9.59. The molecule has 3 rings (SSSR count). The van der Waals surface area contributed by atoms with Gasteiger partial charge in [0.15, 0.2) is 6.29 Å². The summed E-state index contributed by atoms with van der Waals surface area (Å²) < 4.78 is 7.92. The van der Waals surface area contributed by atoms with Crippen LogP contribution in [0, 0.1) is 0 Å². The van der Waals surface area contributed by atoms with E-state index in [1.165, 1.54) is 11.3 Å². The first kappa shape index (κ1) is 14.0. The lowest BCUT2D eigenvalue weighted by molar-refractivity contribution is 0.112. The number of aldehydes is 1. The second-order valence-corrected chi connectivity index (χ2v) is 6.04. The van der Waals surface area contributed by atoms with Crippen LogP contribution in [0.4, 0.5) is 0 Å². The Labute approximate surface area is 134 Å². The first-order chi connectivity index (χ1) is 10.2. The highest BCUT2D eigenvalue weighted by molar-refractivity contribution is 9.10. The molecule has 0 saturated carbocycles. The molecule has 1 aromatic carbocycles. The van der Waals surface area contributed by atoms with Crippen LogP contribution in [0.15, 0.2) is 46.4 Å². The Morgan fingerprint density at radius 1 is 1.33 bits per heavy atom. The van der Waals surface area contributed by atoms with E-state index in [4.69, 9.17) is 4.74 Å². The van der Waals surface area contributed by atoms with E-state index in [0.717, 1.165) is 27.1 Å². The van der Waals surface area contributed by atoms with Crippen molar-refractivity contribution in [3.05, 3.63) is 51.9 Å². The minimum Gasteiger partial charge on any atom is -0.495 e. The second kappa shape index (κ2) is 5.83. The lowest BCUT2D eigenvalue weighted by atomic mass is 10.2. The molecule has 4 nitrogen and oxygen atoms in total. The molecule has 0 atom stereocenters. The van der Waals surface area contributed by atoms with E-state index in [-0.39, 0.29) is 0 Å². The predicted octanol–water partition coefficient (Wildman–Crippen LogP) is 4.18. The van der Waals surface area contributed by atoms with Gasteiger partial charge in [-0.2, -0.15) is 5.10 Å². The lowest BCUT2D eigenvalue weighted by Crippen LogP contribution is -1.95. The molecule has 0 aliphatic heterocycles. The van der Waals surface area contributed by atoms with Crippen LogP contribution < -0.4 is 4.74 Å². The van der Waals surface area contributed by atoms with Crippen molar-refractivity contribution in [3.8, 4) is 22.0 Å². The quantitative estimate of drug-likeness (QED) is 0.653. The molecular formula is C15H11BrN2O2S. The third kappa shape index (κ3) is 2.52. The summed E-state index contributed by atoms with van der Waals surface area (Å²) in [5.74, 6) is 0.723. The van der Waals surface area contributed by atoms with Crippen molar-refractivity contribution in [2.45, 2.75) is 0 Å². The number of hydrogen-bond donors (Lipinski definition) is 0. The van der Waals surface area contributed by atoms with Crippen LogP contribution in [0.1, 0.15) is 10.4 Å². The van der Waals surface area contributed by atoms with E-state index in [1.807, 2.05) is 35.7 Å². The zero-order valence-electron chi connectivity index (χ0n) is 11.1. The van der Waals surface area contributed by atoms with Gasteiger partial charge in [-0.25, -0.2) is 4.68 Å². The van der Waals surface area contributed by atoms with Crippen LogP contribution in [0.2, 0.25) is 0 Å². The fraction of sp³-hybridized carbons (Fsp3) is 0.0667. The van der Waals surface area contributed by atoms with Crippen molar-refractivity contribution in [2.24, 2.45) is 0 Å². The molecule has 6 heteroatoms. The minimum atomic E-state index is 0.534. The molecule has 21 heavy (non-hydrogen) atoms. The van der Waals surface area contributed by atoms with Crippen molar-refractivity contribution in [1.82, 2.24) is 9.78 Å². The van der Waals surface area contributed by atoms with Gasteiger partial charge in [-0.1, -0.05) is 12.1 Å². The van der Waals surface area contributed by atoms with E-state index in [2.05, 4.69) is 21.0 Å². The van der Waals surface area contributed by atoms with Gasteiger partial charge in [-0.3, -0.25) is 4.79 Å². The number of carbonyl (C=O) groups excluding carboxylic acids is 1. The molecule has 0 spiro atoms. The number of ether oxygens (including phenoxy) is 1. The Balaban J connectivity index is 2.16. The number of nitrogens with zero attached hydrogens (tertiary/aromatic N) is 2. The molecule has 2 aromatic heterocycles. The summed E-state index contributed by atoms with van der Waals surface area (Å²) in [6.07, 6.45) is 2.54. The molecule has 0 aliphatic carbocycles. The van der Waals surface area contributed by atoms with Gasteiger partial charge in [0.1, 0.15) is 11.4 Å². The SMILES string of the molecule is COc1ccsc1-c1nn(-c2ccccc2Br)cc1C=O. The summed E-state index contributed by atoms with van der Waals surface area (Å²) in [6.45, 7) is 0. The molecule has 3 aromatic rings. The molecule has 0 saturated heterocycles. The Bertz CT molecular complexity index is 795. The molecule has 0 unspecified atom stereocenters. The Kier molecular flexibility index (Phi) is 3.90. The molecule has 0 N–H and O–H groups in total. The third-order valence-corrected chi connectivity index (χ3v) is 4.61. The van der Waals surface area contributed by atoms with E-state index >= 15 is 0 Å². The normalized spacial score (nSPS) is 10.6. The highest BCUT2D eigenvalue weighted by Gasteiger charge is 2.17. The second-order valence-electron chi connectivity index (χ2n) is 4.26. The van der Waals surface area contributed by atoms with E-state index in [9.17, 15) is 4.79 Å². The smallest absolute Gasteiger partial charge is 0.153 e. The number of aromatic nitrogens is 2. The number of carbonyl (C=O) groups is 1. The van der Waals surface area contributed by atoms with E-state index in [0.29, 0.717) is 11.3 Å². The first-order valence-electron chi connectivity index (χ1n) is 6.16. The van der Waals surface area contributed by atoms with Crippen molar-refractivity contribution < 1.29 is 9.53 Å². The summed E-state index contributed by atoms with van der Waals surface area (Å²) in [5.41, 5.74) is 2.04. The molecule has 0 radical (unpaired) electrons. The van der Waals surface area contributed by atoms with Crippen molar-refractivity contribution in [1.29, 1.82) is 0 Å². The third-order valence-electron chi connectivity index (χ3n) is 3.03. The Morgan fingerprint density at radius 3 is 2.86 bits per heavy atom. The Morgan fingerprint density at radius 2 is 2.14 bits per heavy atom. The summed E-state index contributed by atoms with van der Waals surface area (Å²) in [5, 5.41) is 6.47. The average molecular weight is 363 g/mol. The summed E-state index contributed by atoms with van der Waals surface area (Å²) in [7, 11) is 1.61. The van der Waals surface area contributed by atoms with Gasteiger partial charge in [0.25, 0.3) is 0 Å². The molecular weight excluding hydrogens is 352 g/mol. The first-order valence-corrected chi connectivity index (χ1v) is 7.83. The zero-order valence-corrected chi connectivity index (χ0v) is 13.5. The topological polar surface area (TPSA) is 44.1 Å². The number of rotatable bonds is 4. The molecule has 0 fully saturated rings. The van der Waals surface area contributed by atoms with Crippen LogP contribution >= 0.6 is 27.3 Å². The standard InChI is InChI=1S/C15H11BrN2O2S/c1-20-13-6-7-21-15(13)14-10(9-19)8-18(17-14)12-5-3-2-4-11(12)16/h2-9H,1H3. The highest BCUT2D eigenvalue weighted by Crippen LogP contribution is 2.36. The average Bonchev–Trinajstić information content (AvgIpc) is 3.13. The molecule has 0 aliphatic rings. The number of hydrogen-bond acceptors (Lipinski definition) is 4. The van der Waals surface area contributed by atoms with Crippen LogP contribution in [0.25, 0.3) is 16.3 Å². The molecule has 0 amide bonds. The van der Waals surface area contributed by atoms with Gasteiger partial charge in [0.2, 0.25) is 0 Å². The molecule has 106 valence electrons. The van der Waals surface area contributed by atoms with Crippen molar-refractivity contribution >= 4 is 33.6 Å². The maximum atomic E-state index is 11.4. The zero-order chi connectivity index (χ0) is 14.8. The number of para-hydroxylation sites is 1. The maximum Gasteiger partial charge on any atom is 0.153 e. The summed E-state index contributed by atoms with van der Waals surface area (Å²) in [4.78, 5) is 12.2. The number of methoxy groups -OCH3 is 1. The Hall–Kier alpha value is -1.92. The number of thiophene rings is 1. The molecule has 2 heterocycles. The van der Waals surface area contributed by atoms with Gasteiger partial charge in [-0.15, -0.1) is 11.3 Å². The van der Waals surface area contributed by atoms with Crippen LogP contribution in [0.5, 0.6) is 5.75 Å². The van der Waals surface area contributed by atoms with Crippen molar-refractivity contribution in [2.75, 3.05) is 7.11 Å². The maximum absolute atomic E-state index is 11.4. The minimum absolute atomic E-state index is 0.534. The monoisotopic (exact) mass is 362 g/mol. The van der Waals surface area contributed by atoms with E-state index in [1.54, 1.807) is 18.0 Å². The van der Waals surface area contributed by atoms with Gasteiger partial charge < -0.3 is 4.74 Å². The largest absolute Gasteiger partial charge is 0.495 e. The number of benzene rings is 1. The van der Waals surface area contributed by atoms with E-state index < -0.39 is 0 Å². The van der Waals surface area contributed by atoms with Gasteiger partial charge in [-0.05, 0) is 39.5 Å². The van der Waals surface area contributed by atoms with Crippen LogP contribution in [-0.4, -0.2) is 23.2 Å². The van der Waals surface area contributed by atoms with Gasteiger partial charge >= 0.3 is 0 Å². The fourth-order valence-corrected chi connectivity index (χ4v) is 3.37. The lowest BCUT2D eigenvalue weighted by Gasteiger charge is -2.03. The summed E-state index contributed by atoms with van der Waals surface area (Å²) >= 11 is 4.99. The van der Waals surface area contributed by atoms with Crippen LogP contribution in [0.3, 0.4) is 0 Å². The van der Waals surface area contributed by atoms with Crippen molar-refractivity contribution in [3.63, 3.8) is 0 Å². The van der Waals surface area contributed by atoms with Gasteiger partial charge in [0.05, 0.1) is 23.2 Å². The van der Waals surface area contributed by atoms with Crippen LogP contribution in [-0.2, 0) is 0 Å². The fourth-order valence-electron chi connectivity index (χ4n) is 2.04. The predicted molar refractivity (Wildman–Crippen MR) is 86.5 cm³/mol. The molecule has 0 bridgehead atoms. The highest BCUT2D eigenvalue weighted by atomic mass is 79.9. The van der Waals surface area contributed by atoms with Gasteiger partial charge in [0, 0.05) is 10.7 Å². The number of halogens is 1.